The Kier molecular flexibility index (Phi) is 8.02. The van der Waals surface area contributed by atoms with Crippen LogP contribution < -0.4 is 0 Å². The zero-order valence-corrected chi connectivity index (χ0v) is 18.3. The van der Waals surface area contributed by atoms with Gasteiger partial charge in [0.1, 0.15) is 0 Å². The quantitative estimate of drug-likeness (QED) is 0.358. The SMILES string of the molecule is C[Si](C)(C)O[Si](C)(CCCCCS(=O)(=O)O)O[Si](C)(C)C. The topological polar surface area (TPSA) is 72.8 Å². The number of unbranched alkanes of at least 4 members (excludes halogenated alkanes) is 2. The van der Waals surface area contributed by atoms with Crippen LogP contribution in [0.25, 0.3) is 0 Å². The summed E-state index contributed by atoms with van der Waals surface area (Å²) < 4.78 is 42.9. The average Bonchev–Trinajstić information content (AvgIpc) is 2.07. The number of hydrogen-bond donors (Lipinski definition) is 1. The smallest absolute Gasteiger partial charge is 0.314 e. The van der Waals surface area contributed by atoms with Crippen molar-refractivity contribution in [3.8, 4) is 0 Å². The van der Waals surface area contributed by atoms with E-state index in [0.29, 0.717) is 6.42 Å². The van der Waals surface area contributed by atoms with Gasteiger partial charge in [0.15, 0.2) is 16.6 Å². The van der Waals surface area contributed by atoms with Gasteiger partial charge in [0.2, 0.25) is 0 Å². The number of rotatable bonds is 10. The fourth-order valence-electron chi connectivity index (χ4n) is 2.33. The highest BCUT2D eigenvalue weighted by Gasteiger charge is 2.39. The Morgan fingerprint density at radius 2 is 1.24 bits per heavy atom. The predicted octanol–water partition coefficient (Wildman–Crippen LogP) is 3.82. The van der Waals surface area contributed by atoms with Gasteiger partial charge in [-0.2, -0.15) is 8.42 Å². The highest BCUT2D eigenvalue weighted by Crippen LogP contribution is 2.26. The molecule has 0 fully saturated rings. The van der Waals surface area contributed by atoms with E-state index >= 15 is 0 Å². The van der Waals surface area contributed by atoms with Gasteiger partial charge in [-0.3, -0.25) is 4.55 Å². The lowest BCUT2D eigenvalue weighted by molar-refractivity contribution is 0.380. The van der Waals surface area contributed by atoms with Crippen molar-refractivity contribution in [3.05, 3.63) is 0 Å². The molecule has 0 rings (SSSR count). The van der Waals surface area contributed by atoms with Crippen LogP contribution in [0.1, 0.15) is 19.3 Å². The van der Waals surface area contributed by atoms with Crippen LogP contribution in [0.15, 0.2) is 0 Å². The molecule has 0 aromatic carbocycles. The highest BCUT2D eigenvalue weighted by atomic mass is 32.2. The molecule has 0 saturated heterocycles. The first-order valence-corrected chi connectivity index (χ1v) is 18.4. The minimum absolute atomic E-state index is 0.158. The molecule has 0 bridgehead atoms. The number of hydrogen-bond acceptors (Lipinski definition) is 4. The Bertz CT molecular complexity index is 396. The summed E-state index contributed by atoms with van der Waals surface area (Å²) in [4.78, 5) is 0. The first-order valence-electron chi connectivity index (χ1n) is 7.47. The molecule has 0 aliphatic rings. The third-order valence-electron chi connectivity index (χ3n) is 2.58. The normalized spacial score (nSPS) is 14.5. The second kappa shape index (κ2) is 7.84. The third kappa shape index (κ3) is 13.8. The molecule has 5 nitrogen and oxygen atoms in total. The van der Waals surface area contributed by atoms with Crippen LogP contribution in [0.4, 0.5) is 0 Å². The van der Waals surface area contributed by atoms with Crippen LogP contribution >= 0.6 is 0 Å². The zero-order chi connectivity index (χ0) is 16.9. The van der Waals surface area contributed by atoms with E-state index in [0.717, 1.165) is 18.9 Å². The van der Waals surface area contributed by atoms with E-state index in [-0.39, 0.29) is 5.75 Å². The Hall–Kier alpha value is 0.481. The molecule has 0 amide bonds. The van der Waals surface area contributed by atoms with Crippen molar-refractivity contribution in [1.29, 1.82) is 0 Å². The molecule has 0 spiro atoms. The van der Waals surface area contributed by atoms with Crippen molar-refractivity contribution in [1.82, 2.24) is 0 Å². The van der Waals surface area contributed by atoms with Crippen LogP contribution in [0.3, 0.4) is 0 Å². The maximum absolute atomic E-state index is 10.7. The molecule has 0 aromatic heterocycles. The van der Waals surface area contributed by atoms with Crippen LogP contribution in [-0.2, 0) is 18.3 Å². The molecular formula is C12H32O5SSi3. The Balaban J connectivity index is 4.48. The van der Waals surface area contributed by atoms with E-state index in [1.54, 1.807) is 0 Å². The Labute approximate surface area is 133 Å². The Morgan fingerprint density at radius 3 is 1.57 bits per heavy atom. The van der Waals surface area contributed by atoms with E-state index in [2.05, 4.69) is 45.8 Å². The molecule has 21 heavy (non-hydrogen) atoms. The van der Waals surface area contributed by atoms with E-state index in [1.807, 2.05) is 0 Å². The second-order valence-electron chi connectivity index (χ2n) is 7.66. The highest BCUT2D eigenvalue weighted by molar-refractivity contribution is 7.85. The molecule has 0 heterocycles. The van der Waals surface area contributed by atoms with Crippen LogP contribution in [0.2, 0.25) is 51.9 Å². The molecule has 0 aliphatic carbocycles. The summed E-state index contributed by atoms with van der Waals surface area (Å²) in [7, 11) is -9.38. The van der Waals surface area contributed by atoms with Crippen molar-refractivity contribution in [2.75, 3.05) is 5.75 Å². The molecule has 0 aromatic rings. The van der Waals surface area contributed by atoms with Gasteiger partial charge in [-0.15, -0.1) is 0 Å². The van der Waals surface area contributed by atoms with E-state index in [9.17, 15) is 8.42 Å². The van der Waals surface area contributed by atoms with E-state index in [4.69, 9.17) is 12.8 Å². The van der Waals surface area contributed by atoms with Gasteiger partial charge in [-0.25, -0.2) is 0 Å². The zero-order valence-electron chi connectivity index (χ0n) is 14.5. The fraction of sp³-hybridized carbons (Fsp3) is 1.00. The largest absolute Gasteiger partial charge is 0.437 e. The summed E-state index contributed by atoms with van der Waals surface area (Å²) in [6.07, 6.45) is 2.14. The van der Waals surface area contributed by atoms with Crippen molar-refractivity contribution in [2.45, 2.75) is 71.1 Å². The minimum atomic E-state index is -3.84. The first-order chi connectivity index (χ1) is 9.12. The molecule has 1 N–H and O–H groups in total. The van der Waals surface area contributed by atoms with Gasteiger partial charge in [-0.05, 0) is 58.3 Å². The Morgan fingerprint density at radius 1 is 0.810 bits per heavy atom. The lowest BCUT2D eigenvalue weighted by Crippen LogP contribution is -2.52. The van der Waals surface area contributed by atoms with Gasteiger partial charge < -0.3 is 8.23 Å². The van der Waals surface area contributed by atoms with Gasteiger partial charge in [0.05, 0.1) is 5.75 Å². The van der Waals surface area contributed by atoms with E-state index in [1.165, 1.54) is 0 Å². The average molecular weight is 373 g/mol. The molecule has 0 atom stereocenters. The van der Waals surface area contributed by atoms with Crippen molar-refractivity contribution >= 4 is 35.3 Å². The molecule has 9 heteroatoms. The lowest BCUT2D eigenvalue weighted by atomic mass is 10.3. The maximum atomic E-state index is 10.7. The van der Waals surface area contributed by atoms with Crippen molar-refractivity contribution in [2.24, 2.45) is 0 Å². The molecule has 0 unspecified atom stereocenters. The second-order valence-corrected chi connectivity index (χ2v) is 22.1. The predicted molar refractivity (Wildman–Crippen MR) is 95.6 cm³/mol. The molecule has 128 valence electrons. The third-order valence-corrected chi connectivity index (χ3v) is 13.0. The summed E-state index contributed by atoms with van der Waals surface area (Å²) in [5.41, 5.74) is 0. The van der Waals surface area contributed by atoms with Crippen LogP contribution in [0.5, 0.6) is 0 Å². The summed E-state index contributed by atoms with van der Waals surface area (Å²) >= 11 is 0. The summed E-state index contributed by atoms with van der Waals surface area (Å²) in [6.45, 7) is 15.2. The monoisotopic (exact) mass is 372 g/mol. The van der Waals surface area contributed by atoms with Gasteiger partial charge in [0.25, 0.3) is 10.1 Å². The van der Waals surface area contributed by atoms with Crippen molar-refractivity contribution < 1.29 is 21.2 Å². The maximum Gasteiger partial charge on any atom is 0.314 e. The van der Waals surface area contributed by atoms with E-state index < -0.39 is 35.3 Å². The fourth-order valence-corrected chi connectivity index (χ4v) is 15.5. The summed E-state index contributed by atoms with van der Waals surface area (Å²) in [6, 6.07) is 0.882. The molecule has 0 saturated carbocycles. The lowest BCUT2D eigenvalue weighted by Gasteiger charge is -2.38. The summed E-state index contributed by atoms with van der Waals surface area (Å²) in [5.74, 6) is -0.158. The van der Waals surface area contributed by atoms with Crippen molar-refractivity contribution in [3.63, 3.8) is 0 Å². The standard InChI is InChI=1S/C12H32O5SSi3/c1-19(2,3)16-21(7,17-20(4,5)6)12-10-8-9-11-18(13,14)15/h8-12H2,1-7H3,(H,13,14,15). The van der Waals surface area contributed by atoms with Gasteiger partial charge >= 0.3 is 8.56 Å². The molecular weight excluding hydrogens is 340 g/mol. The summed E-state index contributed by atoms with van der Waals surface area (Å²) in [5, 5.41) is 0. The molecule has 0 aliphatic heterocycles. The van der Waals surface area contributed by atoms with Crippen LogP contribution in [-0.4, -0.2) is 43.9 Å². The minimum Gasteiger partial charge on any atom is -0.437 e. The molecule has 0 radical (unpaired) electrons. The van der Waals surface area contributed by atoms with Gasteiger partial charge in [-0.1, -0.05) is 12.8 Å². The van der Waals surface area contributed by atoms with Crippen LogP contribution in [0, 0.1) is 0 Å². The van der Waals surface area contributed by atoms with Gasteiger partial charge in [0, 0.05) is 0 Å². The first kappa shape index (κ1) is 21.5.